The van der Waals surface area contributed by atoms with Crippen LogP contribution in [0, 0.1) is 20.8 Å². The van der Waals surface area contributed by atoms with Crippen LogP contribution in [0.5, 0.6) is 11.5 Å². The van der Waals surface area contributed by atoms with Crippen LogP contribution in [0.2, 0.25) is 0 Å². The molecule has 0 aliphatic carbocycles. The van der Waals surface area contributed by atoms with Crippen LogP contribution in [0.3, 0.4) is 0 Å². The van der Waals surface area contributed by atoms with Gasteiger partial charge < -0.3 is 20.1 Å². The highest BCUT2D eigenvalue weighted by Gasteiger charge is 2.12. The van der Waals surface area contributed by atoms with Gasteiger partial charge in [-0.1, -0.05) is 17.7 Å². The topological polar surface area (TPSA) is 72.5 Å². The minimum absolute atomic E-state index is 0.210. The number of carbonyl (C=O) groups is 1. The Morgan fingerprint density at radius 3 is 2.31 bits per heavy atom. The molecule has 0 bridgehead atoms. The van der Waals surface area contributed by atoms with Gasteiger partial charge in [-0.25, -0.2) is 0 Å². The van der Waals surface area contributed by atoms with E-state index >= 15 is 0 Å². The smallest absolute Gasteiger partial charge is 0.257 e. The van der Waals surface area contributed by atoms with Crippen molar-refractivity contribution in [2.24, 2.45) is 0 Å². The van der Waals surface area contributed by atoms with Crippen LogP contribution in [-0.2, 0) is 0 Å². The maximum atomic E-state index is 12.8. The maximum Gasteiger partial charge on any atom is 0.257 e. The number of benzene rings is 2. The highest BCUT2D eigenvalue weighted by Crippen LogP contribution is 2.31. The van der Waals surface area contributed by atoms with E-state index in [1.807, 2.05) is 32.9 Å². The molecule has 3 aromatic rings. The first kappa shape index (κ1) is 20.2. The number of aryl methyl sites for hydroxylation is 3. The number of aromatic nitrogens is 1. The number of hydrogen-bond acceptors (Lipinski definition) is 5. The molecule has 0 unspecified atom stereocenters. The number of nitrogens with zero attached hydrogens (tertiary/aromatic N) is 1. The van der Waals surface area contributed by atoms with Gasteiger partial charge in [-0.15, -0.1) is 0 Å². The van der Waals surface area contributed by atoms with Gasteiger partial charge in [0.15, 0.2) is 0 Å². The van der Waals surface area contributed by atoms with E-state index in [4.69, 9.17) is 9.47 Å². The fourth-order valence-electron chi connectivity index (χ4n) is 3.25. The van der Waals surface area contributed by atoms with Crippen LogP contribution in [-0.4, -0.2) is 25.1 Å². The van der Waals surface area contributed by atoms with Crippen LogP contribution >= 0.6 is 0 Å². The minimum Gasteiger partial charge on any atom is -0.497 e. The Kier molecular flexibility index (Phi) is 6.02. The first-order chi connectivity index (χ1) is 13.9. The van der Waals surface area contributed by atoms with E-state index < -0.39 is 0 Å². The fourth-order valence-corrected chi connectivity index (χ4v) is 3.25. The summed E-state index contributed by atoms with van der Waals surface area (Å²) in [5, 5.41) is 6.24. The molecule has 1 heterocycles. The van der Waals surface area contributed by atoms with Gasteiger partial charge in [0, 0.05) is 18.0 Å². The van der Waals surface area contributed by atoms with E-state index in [2.05, 4.69) is 27.8 Å². The summed E-state index contributed by atoms with van der Waals surface area (Å²) >= 11 is 0. The third-order valence-electron chi connectivity index (χ3n) is 4.60. The van der Waals surface area contributed by atoms with Crippen molar-refractivity contribution >= 4 is 23.0 Å². The van der Waals surface area contributed by atoms with Crippen molar-refractivity contribution in [1.29, 1.82) is 0 Å². The molecular formula is C23H25N3O3. The number of carbonyl (C=O) groups excluding carboxylic acids is 1. The highest BCUT2D eigenvalue weighted by molar-refractivity contribution is 6.05. The van der Waals surface area contributed by atoms with Gasteiger partial charge in [0.1, 0.15) is 11.5 Å². The van der Waals surface area contributed by atoms with Crippen molar-refractivity contribution in [3.8, 4) is 11.5 Å². The molecule has 0 saturated carbocycles. The lowest BCUT2D eigenvalue weighted by atomic mass is 10.0. The summed E-state index contributed by atoms with van der Waals surface area (Å²) in [6, 6.07) is 11.3. The Bertz CT molecular complexity index is 1020. The van der Waals surface area contributed by atoms with Crippen LogP contribution in [0.4, 0.5) is 17.1 Å². The zero-order chi connectivity index (χ0) is 21.0. The van der Waals surface area contributed by atoms with Gasteiger partial charge in [0.2, 0.25) is 0 Å². The molecule has 150 valence electrons. The summed E-state index contributed by atoms with van der Waals surface area (Å²) in [4.78, 5) is 17.0. The Hall–Kier alpha value is -3.54. The van der Waals surface area contributed by atoms with Gasteiger partial charge in [0.25, 0.3) is 5.91 Å². The van der Waals surface area contributed by atoms with Crippen molar-refractivity contribution in [3.63, 3.8) is 0 Å². The van der Waals surface area contributed by atoms with Crippen molar-refractivity contribution in [2.45, 2.75) is 20.8 Å². The first-order valence-corrected chi connectivity index (χ1v) is 9.24. The predicted molar refractivity (Wildman–Crippen MR) is 116 cm³/mol. The van der Waals surface area contributed by atoms with E-state index in [1.54, 1.807) is 38.7 Å². The van der Waals surface area contributed by atoms with Crippen molar-refractivity contribution in [1.82, 2.24) is 4.98 Å². The molecule has 0 aliphatic heterocycles. The van der Waals surface area contributed by atoms with Crippen LogP contribution in [0.15, 0.2) is 48.8 Å². The van der Waals surface area contributed by atoms with Gasteiger partial charge in [-0.3, -0.25) is 9.78 Å². The average molecular weight is 391 g/mol. The van der Waals surface area contributed by atoms with E-state index in [-0.39, 0.29) is 5.91 Å². The third-order valence-corrected chi connectivity index (χ3v) is 4.60. The molecule has 0 atom stereocenters. The Morgan fingerprint density at radius 1 is 0.931 bits per heavy atom. The van der Waals surface area contributed by atoms with E-state index in [9.17, 15) is 4.79 Å². The van der Waals surface area contributed by atoms with Crippen molar-refractivity contribution in [2.75, 3.05) is 24.9 Å². The lowest BCUT2D eigenvalue weighted by Crippen LogP contribution is -2.14. The summed E-state index contributed by atoms with van der Waals surface area (Å²) < 4.78 is 10.6. The van der Waals surface area contributed by atoms with E-state index in [0.717, 1.165) is 22.5 Å². The quantitative estimate of drug-likeness (QED) is 0.617. The number of pyridine rings is 1. The first-order valence-electron chi connectivity index (χ1n) is 9.24. The largest absolute Gasteiger partial charge is 0.497 e. The molecule has 2 aromatic carbocycles. The molecule has 0 saturated heterocycles. The molecule has 0 spiro atoms. The molecule has 29 heavy (non-hydrogen) atoms. The second kappa shape index (κ2) is 8.65. The summed E-state index contributed by atoms with van der Waals surface area (Å²) in [6.07, 6.45) is 3.20. The van der Waals surface area contributed by atoms with Gasteiger partial charge in [-0.2, -0.15) is 0 Å². The van der Waals surface area contributed by atoms with Crippen LogP contribution < -0.4 is 20.1 Å². The summed E-state index contributed by atoms with van der Waals surface area (Å²) in [6.45, 7) is 6.02. The summed E-state index contributed by atoms with van der Waals surface area (Å²) in [5.41, 5.74) is 5.94. The van der Waals surface area contributed by atoms with Crippen molar-refractivity contribution in [3.05, 3.63) is 71.0 Å². The lowest BCUT2D eigenvalue weighted by Gasteiger charge is -2.14. The second-order valence-corrected chi connectivity index (χ2v) is 6.88. The van der Waals surface area contributed by atoms with Crippen LogP contribution in [0.25, 0.3) is 0 Å². The molecule has 0 radical (unpaired) electrons. The van der Waals surface area contributed by atoms with Gasteiger partial charge in [-0.05, 0) is 50.1 Å². The molecule has 1 aromatic heterocycles. The average Bonchev–Trinajstić information content (AvgIpc) is 2.71. The fraction of sp³-hybridized carbons (Fsp3) is 0.217. The van der Waals surface area contributed by atoms with Crippen molar-refractivity contribution < 1.29 is 14.3 Å². The SMILES string of the molecule is COc1ccc(Nc2cncc(C(=O)Nc3c(C)cc(C)cc3C)c2)c(OC)c1. The Labute approximate surface area is 170 Å². The number of ether oxygens (including phenoxy) is 2. The zero-order valence-corrected chi connectivity index (χ0v) is 17.3. The number of rotatable bonds is 6. The molecule has 3 rings (SSSR count). The Balaban J connectivity index is 1.82. The second-order valence-electron chi connectivity index (χ2n) is 6.88. The van der Waals surface area contributed by atoms with E-state index in [1.165, 1.54) is 5.56 Å². The normalized spacial score (nSPS) is 10.4. The number of methoxy groups -OCH3 is 2. The molecule has 6 heteroatoms. The van der Waals surface area contributed by atoms with E-state index in [0.29, 0.717) is 22.7 Å². The summed E-state index contributed by atoms with van der Waals surface area (Å²) in [5.74, 6) is 1.12. The monoisotopic (exact) mass is 391 g/mol. The van der Waals surface area contributed by atoms with Gasteiger partial charge in [0.05, 0.1) is 37.4 Å². The molecular weight excluding hydrogens is 366 g/mol. The zero-order valence-electron chi connectivity index (χ0n) is 17.3. The predicted octanol–water partition coefficient (Wildman–Crippen LogP) is 5.02. The number of nitrogens with one attached hydrogen (secondary N) is 2. The third kappa shape index (κ3) is 4.66. The minimum atomic E-state index is -0.210. The molecule has 0 fully saturated rings. The highest BCUT2D eigenvalue weighted by atomic mass is 16.5. The molecule has 6 nitrogen and oxygen atoms in total. The number of hydrogen-bond donors (Lipinski definition) is 2. The number of anilines is 3. The van der Waals surface area contributed by atoms with Crippen LogP contribution in [0.1, 0.15) is 27.0 Å². The van der Waals surface area contributed by atoms with Gasteiger partial charge >= 0.3 is 0 Å². The molecule has 0 aliphatic rings. The standard InChI is InChI=1S/C23H25N3O3/c1-14-8-15(2)22(16(3)9-14)26-23(27)17-10-18(13-24-12-17)25-20-7-6-19(28-4)11-21(20)29-5/h6-13,25H,1-5H3,(H,26,27). The lowest BCUT2D eigenvalue weighted by molar-refractivity contribution is 0.102. The molecule has 1 amide bonds. The molecule has 2 N–H and O–H groups in total. The Morgan fingerprint density at radius 2 is 1.66 bits per heavy atom. The summed E-state index contributed by atoms with van der Waals surface area (Å²) in [7, 11) is 3.19. The maximum absolute atomic E-state index is 12.8. The number of amides is 1.